The highest BCUT2D eigenvalue weighted by Crippen LogP contribution is 2.37. The topological polar surface area (TPSA) is 80.9 Å². The van der Waals surface area contributed by atoms with Gasteiger partial charge in [0.05, 0.1) is 22.8 Å². The van der Waals surface area contributed by atoms with E-state index in [1.165, 1.54) is 0 Å². The summed E-state index contributed by atoms with van der Waals surface area (Å²) in [6.07, 6.45) is 0. The van der Waals surface area contributed by atoms with Crippen molar-refractivity contribution in [3.05, 3.63) is 84.4 Å². The van der Waals surface area contributed by atoms with Crippen molar-refractivity contribution >= 4 is 12.6 Å². The summed E-state index contributed by atoms with van der Waals surface area (Å²) in [4.78, 5) is 14.2. The molecule has 0 aliphatic carbocycles. The van der Waals surface area contributed by atoms with Crippen LogP contribution in [-0.4, -0.2) is 33.3 Å². The van der Waals surface area contributed by atoms with Gasteiger partial charge >= 0.3 is 7.12 Å². The molecule has 2 heterocycles. The first-order valence-electron chi connectivity index (χ1n) is 11.5. The average molecular weight is 460 g/mol. The van der Waals surface area contributed by atoms with Gasteiger partial charge in [-0.15, -0.1) is 0 Å². The molecule has 1 aromatic heterocycles. The van der Waals surface area contributed by atoms with Crippen molar-refractivity contribution in [2.75, 3.05) is 0 Å². The zero-order valence-corrected chi connectivity index (χ0v) is 20.2. The number of rotatable bonds is 4. The van der Waals surface area contributed by atoms with Gasteiger partial charge in [0, 0.05) is 22.2 Å². The van der Waals surface area contributed by atoms with E-state index in [0.29, 0.717) is 28.5 Å². The lowest BCUT2D eigenvalue weighted by atomic mass is 9.75. The molecule has 172 valence electrons. The van der Waals surface area contributed by atoms with Gasteiger partial charge in [-0.05, 0) is 33.8 Å². The second-order valence-electron chi connectivity index (χ2n) is 9.54. The summed E-state index contributed by atoms with van der Waals surface area (Å²) in [6.45, 7) is 7.98. The Bertz CT molecular complexity index is 1340. The molecule has 5 rings (SSSR count). The highest BCUT2D eigenvalue weighted by molar-refractivity contribution is 6.62. The van der Waals surface area contributed by atoms with E-state index in [0.717, 1.165) is 16.7 Å². The largest absolute Gasteiger partial charge is 0.496 e. The molecule has 1 saturated heterocycles. The van der Waals surface area contributed by atoms with E-state index in [1.807, 2.05) is 100 Å². The number of nitriles is 1. The van der Waals surface area contributed by atoms with Crippen LogP contribution in [0.25, 0.3) is 34.2 Å². The molecule has 1 aliphatic heterocycles. The smallest absolute Gasteiger partial charge is 0.399 e. The summed E-state index contributed by atoms with van der Waals surface area (Å²) in [5, 5.41) is 9.96. The number of benzene rings is 3. The van der Waals surface area contributed by atoms with E-state index in [2.05, 4.69) is 6.07 Å². The minimum absolute atomic E-state index is 0.462. The van der Waals surface area contributed by atoms with Crippen molar-refractivity contribution in [2.24, 2.45) is 0 Å². The fraction of sp³-hybridized carbons (Fsp3) is 0.214. The standard InChI is InChI=1S/C28H25BN4O2/c1-27(2)28(3,4)35-29(34-27)23-16-15-21(17-22(23)18-30)26-32-24(19-11-7-5-8-12-19)31-25(33-26)20-13-9-6-10-14-20/h5-17H,1-4H3. The summed E-state index contributed by atoms with van der Waals surface area (Å²) in [7, 11) is -0.623. The summed E-state index contributed by atoms with van der Waals surface area (Å²) in [6, 6.07) is 27.5. The summed E-state index contributed by atoms with van der Waals surface area (Å²) >= 11 is 0. The normalized spacial score (nSPS) is 16.1. The van der Waals surface area contributed by atoms with Gasteiger partial charge < -0.3 is 9.31 Å². The van der Waals surface area contributed by atoms with Gasteiger partial charge in [-0.2, -0.15) is 5.26 Å². The van der Waals surface area contributed by atoms with Crippen LogP contribution in [0.1, 0.15) is 33.3 Å². The van der Waals surface area contributed by atoms with Gasteiger partial charge in [0.25, 0.3) is 0 Å². The molecule has 0 saturated carbocycles. The Morgan fingerprint density at radius 1 is 0.657 bits per heavy atom. The Morgan fingerprint density at radius 2 is 1.11 bits per heavy atom. The first-order valence-corrected chi connectivity index (χ1v) is 11.5. The number of nitrogens with zero attached hydrogens (tertiary/aromatic N) is 4. The van der Waals surface area contributed by atoms with E-state index in [-0.39, 0.29) is 0 Å². The molecular formula is C28H25BN4O2. The van der Waals surface area contributed by atoms with Gasteiger partial charge in [-0.3, -0.25) is 0 Å². The quantitative estimate of drug-likeness (QED) is 0.397. The molecule has 4 aromatic rings. The molecule has 0 unspecified atom stereocenters. The van der Waals surface area contributed by atoms with Gasteiger partial charge in [0.1, 0.15) is 0 Å². The van der Waals surface area contributed by atoms with E-state index in [4.69, 9.17) is 24.3 Å². The Hall–Kier alpha value is -3.86. The number of aromatic nitrogens is 3. The second-order valence-corrected chi connectivity index (χ2v) is 9.54. The molecule has 0 atom stereocenters. The van der Waals surface area contributed by atoms with E-state index < -0.39 is 18.3 Å². The zero-order valence-electron chi connectivity index (χ0n) is 20.2. The third kappa shape index (κ3) is 4.34. The van der Waals surface area contributed by atoms with Crippen LogP contribution in [0.4, 0.5) is 0 Å². The third-order valence-corrected chi connectivity index (χ3v) is 6.64. The molecule has 0 radical (unpaired) electrons. The monoisotopic (exact) mass is 460 g/mol. The number of hydrogen-bond donors (Lipinski definition) is 0. The predicted octanol–water partition coefficient (Wildman–Crippen LogP) is 5.04. The first-order chi connectivity index (χ1) is 16.8. The van der Waals surface area contributed by atoms with Gasteiger partial charge in [-0.25, -0.2) is 15.0 Å². The number of hydrogen-bond acceptors (Lipinski definition) is 6. The molecule has 1 fully saturated rings. The fourth-order valence-electron chi connectivity index (χ4n) is 3.91. The van der Waals surface area contributed by atoms with Crippen molar-refractivity contribution < 1.29 is 9.31 Å². The lowest BCUT2D eigenvalue weighted by Crippen LogP contribution is -2.41. The second kappa shape index (κ2) is 8.73. The van der Waals surface area contributed by atoms with Crippen molar-refractivity contribution in [3.8, 4) is 40.2 Å². The predicted molar refractivity (Wildman–Crippen MR) is 137 cm³/mol. The lowest BCUT2D eigenvalue weighted by Gasteiger charge is -2.32. The Balaban J connectivity index is 1.60. The molecule has 6 nitrogen and oxygen atoms in total. The molecule has 0 spiro atoms. The van der Waals surface area contributed by atoms with Crippen molar-refractivity contribution in [1.82, 2.24) is 15.0 Å². The maximum atomic E-state index is 9.96. The van der Waals surface area contributed by atoms with Crippen LogP contribution in [0.3, 0.4) is 0 Å². The van der Waals surface area contributed by atoms with Crippen LogP contribution in [0.15, 0.2) is 78.9 Å². The molecule has 1 aliphatic rings. The average Bonchev–Trinajstić information content (AvgIpc) is 3.10. The summed E-state index contributed by atoms with van der Waals surface area (Å²) in [5.41, 5.74) is 2.67. The maximum Gasteiger partial charge on any atom is 0.496 e. The summed E-state index contributed by atoms with van der Waals surface area (Å²) < 4.78 is 12.4. The Kier molecular flexibility index (Phi) is 5.72. The minimum atomic E-state index is -0.623. The zero-order chi connectivity index (χ0) is 24.6. The van der Waals surface area contributed by atoms with Crippen molar-refractivity contribution in [2.45, 2.75) is 38.9 Å². The minimum Gasteiger partial charge on any atom is -0.399 e. The van der Waals surface area contributed by atoms with E-state index in [9.17, 15) is 5.26 Å². The highest BCUT2D eigenvalue weighted by Gasteiger charge is 2.52. The lowest BCUT2D eigenvalue weighted by molar-refractivity contribution is 0.00578. The van der Waals surface area contributed by atoms with E-state index in [1.54, 1.807) is 6.07 Å². The molecule has 0 amide bonds. The molecular weight excluding hydrogens is 435 g/mol. The Morgan fingerprint density at radius 3 is 1.57 bits per heavy atom. The van der Waals surface area contributed by atoms with Crippen LogP contribution in [0.5, 0.6) is 0 Å². The van der Waals surface area contributed by atoms with Crippen molar-refractivity contribution in [1.29, 1.82) is 5.26 Å². The first kappa shape index (κ1) is 22.9. The van der Waals surface area contributed by atoms with Gasteiger partial charge in [-0.1, -0.05) is 72.8 Å². The maximum absolute atomic E-state index is 9.96. The highest BCUT2D eigenvalue weighted by atomic mass is 16.7. The van der Waals surface area contributed by atoms with Crippen LogP contribution < -0.4 is 5.46 Å². The van der Waals surface area contributed by atoms with Crippen LogP contribution in [0, 0.1) is 11.3 Å². The van der Waals surface area contributed by atoms with E-state index >= 15 is 0 Å². The fourth-order valence-corrected chi connectivity index (χ4v) is 3.91. The van der Waals surface area contributed by atoms with Crippen LogP contribution >= 0.6 is 0 Å². The van der Waals surface area contributed by atoms with Crippen molar-refractivity contribution in [3.63, 3.8) is 0 Å². The molecule has 35 heavy (non-hydrogen) atoms. The van der Waals surface area contributed by atoms with Gasteiger partial charge in [0.15, 0.2) is 17.5 Å². The molecule has 3 aromatic carbocycles. The van der Waals surface area contributed by atoms with Crippen LogP contribution in [0.2, 0.25) is 0 Å². The molecule has 0 bridgehead atoms. The molecule has 7 heteroatoms. The third-order valence-electron chi connectivity index (χ3n) is 6.64. The summed E-state index contributed by atoms with van der Waals surface area (Å²) in [5.74, 6) is 1.64. The van der Waals surface area contributed by atoms with Gasteiger partial charge in [0.2, 0.25) is 0 Å². The molecule has 0 N–H and O–H groups in total. The SMILES string of the molecule is CC1(C)OB(c2ccc(-c3nc(-c4ccccc4)nc(-c4ccccc4)n3)cc2C#N)OC1(C)C. The van der Waals surface area contributed by atoms with Crippen LogP contribution in [-0.2, 0) is 9.31 Å². The Labute approximate surface area is 205 Å².